The zero-order chi connectivity index (χ0) is 20.5. The Hall–Kier alpha value is -3.14. The summed E-state index contributed by atoms with van der Waals surface area (Å²) in [6, 6.07) is 8.87. The fraction of sp³-hybridized carbons (Fsp3) is 0.167. The summed E-state index contributed by atoms with van der Waals surface area (Å²) in [5, 5.41) is 9.17. The Morgan fingerprint density at radius 2 is 1.93 bits per heavy atom. The normalized spacial score (nSPS) is 12.4. The second kappa shape index (κ2) is 7.47. The number of methoxy groups -OCH3 is 1. The van der Waals surface area contributed by atoms with Crippen LogP contribution in [0.1, 0.15) is 15.9 Å². The number of ether oxygens (including phenoxy) is 1. The number of carbonyl (C=O) groups is 2. The van der Waals surface area contributed by atoms with Crippen LogP contribution in [0.4, 0.5) is 13.2 Å². The second-order valence-corrected chi connectivity index (χ2v) is 6.65. The highest BCUT2D eigenvalue weighted by molar-refractivity contribution is 7.16. The molecule has 3 aromatic rings. The van der Waals surface area contributed by atoms with Crippen LogP contribution in [0.15, 0.2) is 47.5 Å². The fourth-order valence-electron chi connectivity index (χ4n) is 2.58. The molecule has 1 amide bonds. The van der Waals surface area contributed by atoms with Crippen molar-refractivity contribution in [3.63, 3.8) is 0 Å². The topological polar surface area (TPSA) is 80.9 Å². The highest BCUT2D eigenvalue weighted by atomic mass is 32.1. The van der Waals surface area contributed by atoms with Gasteiger partial charge < -0.3 is 14.4 Å². The number of amides is 1. The molecule has 28 heavy (non-hydrogen) atoms. The van der Waals surface area contributed by atoms with E-state index in [9.17, 15) is 27.9 Å². The molecule has 0 radical (unpaired) electrons. The van der Waals surface area contributed by atoms with Gasteiger partial charge >= 0.3 is 12.1 Å². The maximum Gasteiger partial charge on any atom is 0.416 e. The third-order valence-electron chi connectivity index (χ3n) is 3.82. The third-order valence-corrected chi connectivity index (χ3v) is 4.93. The van der Waals surface area contributed by atoms with Gasteiger partial charge in [0.05, 0.1) is 22.9 Å². The van der Waals surface area contributed by atoms with Gasteiger partial charge in [0.15, 0.2) is 4.80 Å². The summed E-state index contributed by atoms with van der Waals surface area (Å²) >= 11 is 1.01. The van der Waals surface area contributed by atoms with E-state index in [1.165, 1.54) is 17.7 Å². The van der Waals surface area contributed by atoms with Crippen LogP contribution in [0.2, 0.25) is 0 Å². The van der Waals surface area contributed by atoms with Crippen molar-refractivity contribution >= 4 is 33.4 Å². The van der Waals surface area contributed by atoms with Crippen molar-refractivity contribution in [1.82, 2.24) is 4.57 Å². The van der Waals surface area contributed by atoms with Crippen molar-refractivity contribution in [2.45, 2.75) is 12.7 Å². The largest absolute Gasteiger partial charge is 0.495 e. The highest BCUT2D eigenvalue weighted by Crippen LogP contribution is 2.30. The summed E-state index contributed by atoms with van der Waals surface area (Å²) in [5.74, 6) is -1.60. The lowest BCUT2D eigenvalue weighted by Gasteiger charge is -2.06. The van der Waals surface area contributed by atoms with Gasteiger partial charge in [-0.25, -0.2) is 0 Å². The van der Waals surface area contributed by atoms with Gasteiger partial charge in [-0.1, -0.05) is 23.5 Å². The fourth-order valence-corrected chi connectivity index (χ4v) is 3.70. The molecule has 1 aromatic heterocycles. The van der Waals surface area contributed by atoms with E-state index in [1.54, 1.807) is 18.2 Å². The van der Waals surface area contributed by atoms with Crippen molar-refractivity contribution < 1.29 is 32.6 Å². The monoisotopic (exact) mass is 410 g/mol. The number of hydrogen-bond acceptors (Lipinski definition) is 4. The van der Waals surface area contributed by atoms with Gasteiger partial charge in [0.1, 0.15) is 12.3 Å². The summed E-state index contributed by atoms with van der Waals surface area (Å²) < 4.78 is 45.7. The zero-order valence-electron chi connectivity index (χ0n) is 14.4. The molecule has 1 N–H and O–H groups in total. The van der Waals surface area contributed by atoms with Gasteiger partial charge in [0.25, 0.3) is 5.91 Å². The molecule has 146 valence electrons. The molecule has 1 heterocycles. The molecule has 0 aliphatic carbocycles. The number of carboxylic acids is 1. The average molecular weight is 410 g/mol. The number of aromatic nitrogens is 1. The summed E-state index contributed by atoms with van der Waals surface area (Å²) in [5.41, 5.74) is -0.728. The van der Waals surface area contributed by atoms with Crippen molar-refractivity contribution in [3.8, 4) is 5.75 Å². The van der Waals surface area contributed by atoms with Crippen molar-refractivity contribution in [2.24, 2.45) is 4.99 Å². The number of hydrogen-bond donors (Lipinski definition) is 1. The first-order valence-corrected chi connectivity index (χ1v) is 8.67. The Kier molecular flexibility index (Phi) is 5.23. The lowest BCUT2D eigenvalue weighted by molar-refractivity contribution is -0.138. The number of aliphatic carboxylic acids is 1. The maximum atomic E-state index is 12.9. The lowest BCUT2D eigenvalue weighted by atomic mass is 10.1. The van der Waals surface area contributed by atoms with Crippen LogP contribution in [0.25, 0.3) is 10.2 Å². The predicted octanol–water partition coefficient (Wildman–Crippen LogP) is 3.56. The standard InChI is InChI=1S/C18H13F3N2O4S/c1-27-13-7-3-6-12-15(13)28-17(23(12)9-14(24)25)22-16(26)10-4-2-5-11(8-10)18(19,20)21/h2-8H,9H2,1H3,(H,24,25). The van der Waals surface area contributed by atoms with Crippen LogP contribution in [-0.4, -0.2) is 28.7 Å². The molecule has 0 unspecified atom stereocenters. The minimum Gasteiger partial charge on any atom is -0.495 e. The lowest BCUT2D eigenvalue weighted by Crippen LogP contribution is -2.21. The van der Waals surface area contributed by atoms with E-state index in [-0.39, 0.29) is 10.4 Å². The van der Waals surface area contributed by atoms with Crippen LogP contribution in [0.3, 0.4) is 0 Å². The van der Waals surface area contributed by atoms with Gasteiger partial charge in [-0.2, -0.15) is 18.2 Å². The van der Waals surface area contributed by atoms with E-state index in [2.05, 4.69) is 4.99 Å². The molecule has 0 atom stereocenters. The molecule has 0 spiro atoms. The summed E-state index contributed by atoms with van der Waals surface area (Å²) in [6.45, 7) is -0.470. The number of fused-ring (bicyclic) bond motifs is 1. The first kappa shape index (κ1) is 19.6. The summed E-state index contributed by atoms with van der Waals surface area (Å²) in [4.78, 5) is 27.6. The number of nitrogens with zero attached hydrogens (tertiary/aromatic N) is 2. The quantitative estimate of drug-likeness (QED) is 0.713. The number of benzene rings is 2. The molecule has 0 saturated heterocycles. The Morgan fingerprint density at radius 3 is 2.57 bits per heavy atom. The van der Waals surface area contributed by atoms with Crippen LogP contribution in [-0.2, 0) is 17.5 Å². The third kappa shape index (κ3) is 3.91. The summed E-state index contributed by atoms with van der Waals surface area (Å²) in [7, 11) is 1.45. The van der Waals surface area contributed by atoms with E-state index in [4.69, 9.17) is 4.74 Å². The van der Waals surface area contributed by atoms with Crippen LogP contribution in [0, 0.1) is 0 Å². The Balaban J connectivity index is 2.15. The molecular formula is C18H13F3N2O4S. The smallest absolute Gasteiger partial charge is 0.416 e. The van der Waals surface area contributed by atoms with Gasteiger partial charge in [0, 0.05) is 5.56 Å². The molecule has 2 aromatic carbocycles. The number of halogens is 3. The van der Waals surface area contributed by atoms with E-state index in [0.717, 1.165) is 23.5 Å². The van der Waals surface area contributed by atoms with Crippen LogP contribution >= 0.6 is 11.3 Å². The molecule has 0 aliphatic rings. The van der Waals surface area contributed by atoms with Gasteiger partial charge in [-0.05, 0) is 30.3 Å². The van der Waals surface area contributed by atoms with Crippen molar-refractivity contribution in [1.29, 1.82) is 0 Å². The Morgan fingerprint density at radius 1 is 1.21 bits per heavy atom. The van der Waals surface area contributed by atoms with Crippen LogP contribution < -0.4 is 9.54 Å². The molecule has 6 nitrogen and oxygen atoms in total. The number of rotatable bonds is 4. The Bertz CT molecular complexity index is 1130. The molecule has 0 saturated carbocycles. The van der Waals surface area contributed by atoms with Gasteiger partial charge in [0.2, 0.25) is 0 Å². The molecule has 3 rings (SSSR count). The molecular weight excluding hydrogens is 397 g/mol. The first-order valence-electron chi connectivity index (χ1n) is 7.85. The van der Waals surface area contributed by atoms with E-state index in [1.807, 2.05) is 0 Å². The van der Waals surface area contributed by atoms with E-state index in [0.29, 0.717) is 22.0 Å². The first-order chi connectivity index (χ1) is 13.2. The van der Waals surface area contributed by atoms with E-state index >= 15 is 0 Å². The molecule has 0 fully saturated rings. The molecule has 10 heteroatoms. The van der Waals surface area contributed by atoms with Crippen LogP contribution in [0.5, 0.6) is 5.75 Å². The minimum absolute atomic E-state index is 0.0457. The highest BCUT2D eigenvalue weighted by Gasteiger charge is 2.30. The number of carboxylic acid groups (broad SMARTS) is 1. The van der Waals surface area contributed by atoms with Crippen molar-refractivity contribution in [3.05, 3.63) is 58.4 Å². The predicted molar refractivity (Wildman–Crippen MR) is 95.3 cm³/mol. The van der Waals surface area contributed by atoms with E-state index < -0.39 is 30.2 Å². The van der Waals surface area contributed by atoms with Gasteiger partial charge in [-0.15, -0.1) is 0 Å². The maximum absolute atomic E-state index is 12.9. The molecule has 0 aliphatic heterocycles. The number of carbonyl (C=O) groups excluding carboxylic acids is 1. The molecule has 0 bridgehead atoms. The minimum atomic E-state index is -4.59. The van der Waals surface area contributed by atoms with Gasteiger partial charge in [-0.3, -0.25) is 9.59 Å². The average Bonchev–Trinajstić information content (AvgIpc) is 2.98. The Labute approximate surface area is 160 Å². The number of alkyl halides is 3. The summed E-state index contributed by atoms with van der Waals surface area (Å²) in [6.07, 6.45) is -4.59. The second-order valence-electron chi connectivity index (χ2n) is 5.67. The van der Waals surface area contributed by atoms with Crippen molar-refractivity contribution in [2.75, 3.05) is 7.11 Å². The SMILES string of the molecule is COc1cccc2c1sc(=NC(=O)c1cccc(C(F)(F)F)c1)n2CC(=O)O. The number of thiazole rings is 1. The zero-order valence-corrected chi connectivity index (χ0v) is 15.2.